The van der Waals surface area contributed by atoms with E-state index in [9.17, 15) is 14.7 Å². The Kier molecular flexibility index (Phi) is 6.06. The molecule has 0 aliphatic heterocycles. The number of carbonyl (C=O) groups excluding carboxylic acids is 1. The van der Waals surface area contributed by atoms with Gasteiger partial charge < -0.3 is 14.9 Å². The van der Waals surface area contributed by atoms with E-state index in [1.165, 1.54) is 18.2 Å². The second kappa shape index (κ2) is 8.69. The number of ether oxygens (including phenoxy) is 1. The SMILES string of the molecule is CC(C)(/C=C/C(=O)O)[C@H](OC(=O)Nc1cccc2ccccc12)c1ccc(O)cc1. The minimum atomic E-state index is -1.09. The lowest BCUT2D eigenvalue weighted by molar-refractivity contribution is -0.131. The highest BCUT2D eigenvalue weighted by Crippen LogP contribution is 2.39. The molecule has 3 aromatic carbocycles. The first-order valence-electron chi connectivity index (χ1n) is 9.43. The topological polar surface area (TPSA) is 95.9 Å². The van der Waals surface area contributed by atoms with Crippen molar-refractivity contribution in [1.29, 1.82) is 0 Å². The van der Waals surface area contributed by atoms with Crippen LogP contribution in [0, 0.1) is 5.41 Å². The van der Waals surface area contributed by atoms with Crippen LogP contribution in [-0.2, 0) is 9.53 Å². The first-order valence-corrected chi connectivity index (χ1v) is 9.43. The molecule has 0 aromatic heterocycles. The number of nitrogens with one attached hydrogen (secondary N) is 1. The van der Waals surface area contributed by atoms with E-state index in [0.717, 1.165) is 16.8 Å². The fourth-order valence-electron chi connectivity index (χ4n) is 3.25. The summed E-state index contributed by atoms with van der Waals surface area (Å²) in [6.07, 6.45) is 1.06. The number of fused-ring (bicyclic) bond motifs is 1. The number of carbonyl (C=O) groups is 2. The maximum Gasteiger partial charge on any atom is 0.412 e. The van der Waals surface area contributed by atoms with Crippen LogP contribution in [0.15, 0.2) is 78.9 Å². The standard InChI is InChI=1S/C24H23NO5/c1-24(2,15-14-21(27)28)22(17-10-12-18(26)13-11-17)30-23(29)25-20-9-5-7-16-6-3-4-8-19(16)20/h3-15,22,26H,1-2H3,(H,25,29)(H,27,28)/b15-14+/t22-/m1/s1. The molecule has 0 fully saturated rings. The number of carboxylic acids is 1. The van der Waals surface area contributed by atoms with Crippen molar-refractivity contribution in [3.63, 3.8) is 0 Å². The second-order valence-electron chi connectivity index (χ2n) is 7.52. The maximum atomic E-state index is 12.8. The summed E-state index contributed by atoms with van der Waals surface area (Å²) in [5.74, 6) is -1.01. The van der Waals surface area contributed by atoms with Crippen LogP contribution in [0.1, 0.15) is 25.5 Å². The summed E-state index contributed by atoms with van der Waals surface area (Å²) in [7, 11) is 0. The highest BCUT2D eigenvalue weighted by molar-refractivity contribution is 6.00. The number of amides is 1. The molecule has 0 heterocycles. The van der Waals surface area contributed by atoms with Crippen LogP contribution < -0.4 is 5.32 Å². The highest BCUT2D eigenvalue weighted by Gasteiger charge is 2.32. The average Bonchev–Trinajstić information content (AvgIpc) is 2.72. The molecule has 1 atom stereocenters. The molecule has 0 aliphatic carbocycles. The zero-order valence-electron chi connectivity index (χ0n) is 16.7. The van der Waals surface area contributed by atoms with E-state index in [1.54, 1.807) is 32.0 Å². The minimum Gasteiger partial charge on any atom is -0.508 e. The molecule has 6 heteroatoms. The van der Waals surface area contributed by atoms with E-state index in [2.05, 4.69) is 5.32 Å². The number of anilines is 1. The molecule has 0 radical (unpaired) electrons. The number of hydrogen-bond acceptors (Lipinski definition) is 4. The number of rotatable bonds is 6. The van der Waals surface area contributed by atoms with Gasteiger partial charge in [-0.1, -0.05) is 68.5 Å². The summed E-state index contributed by atoms with van der Waals surface area (Å²) in [5.41, 5.74) is 0.410. The van der Waals surface area contributed by atoms with Crippen LogP contribution in [0.3, 0.4) is 0 Å². The Labute approximate surface area is 174 Å². The Morgan fingerprint density at radius 3 is 2.37 bits per heavy atom. The van der Waals surface area contributed by atoms with E-state index in [-0.39, 0.29) is 5.75 Å². The molecule has 0 bridgehead atoms. The first kappa shape index (κ1) is 20.9. The Morgan fingerprint density at radius 1 is 1.00 bits per heavy atom. The maximum absolute atomic E-state index is 12.8. The van der Waals surface area contributed by atoms with Gasteiger partial charge in [0.05, 0.1) is 5.69 Å². The van der Waals surface area contributed by atoms with Crippen molar-refractivity contribution in [2.75, 3.05) is 5.32 Å². The minimum absolute atomic E-state index is 0.0802. The number of hydrogen-bond donors (Lipinski definition) is 3. The summed E-state index contributed by atoms with van der Waals surface area (Å²) in [6.45, 7) is 3.55. The van der Waals surface area contributed by atoms with Crippen LogP contribution >= 0.6 is 0 Å². The van der Waals surface area contributed by atoms with Crippen molar-refractivity contribution < 1.29 is 24.5 Å². The van der Waals surface area contributed by atoms with Crippen LogP contribution in [0.4, 0.5) is 10.5 Å². The van der Waals surface area contributed by atoms with E-state index in [0.29, 0.717) is 11.3 Å². The summed E-state index contributed by atoms with van der Waals surface area (Å²) in [4.78, 5) is 23.8. The quantitative estimate of drug-likeness (QED) is 0.471. The number of aliphatic carboxylic acids is 1. The third kappa shape index (κ3) is 4.97. The fraction of sp³-hybridized carbons (Fsp3) is 0.167. The summed E-state index contributed by atoms with van der Waals surface area (Å²) in [6, 6.07) is 19.5. The predicted octanol–water partition coefficient (Wildman–Crippen LogP) is 5.50. The summed E-state index contributed by atoms with van der Waals surface area (Å²) >= 11 is 0. The predicted molar refractivity (Wildman–Crippen MR) is 115 cm³/mol. The van der Waals surface area contributed by atoms with Gasteiger partial charge in [-0.25, -0.2) is 9.59 Å². The molecule has 3 rings (SSSR count). The van der Waals surface area contributed by atoms with Gasteiger partial charge in [0, 0.05) is 16.9 Å². The highest BCUT2D eigenvalue weighted by atomic mass is 16.6. The lowest BCUT2D eigenvalue weighted by Gasteiger charge is -2.31. The van der Waals surface area contributed by atoms with Crippen LogP contribution in [0.25, 0.3) is 10.8 Å². The second-order valence-corrected chi connectivity index (χ2v) is 7.52. The molecule has 0 saturated heterocycles. The number of aromatic hydroxyl groups is 1. The van der Waals surface area contributed by atoms with Crippen molar-refractivity contribution in [3.05, 3.63) is 84.4 Å². The van der Waals surface area contributed by atoms with Gasteiger partial charge in [0.25, 0.3) is 0 Å². The zero-order valence-corrected chi connectivity index (χ0v) is 16.7. The van der Waals surface area contributed by atoms with Crippen molar-refractivity contribution >= 4 is 28.5 Å². The van der Waals surface area contributed by atoms with Crippen LogP contribution in [0.5, 0.6) is 5.75 Å². The summed E-state index contributed by atoms with van der Waals surface area (Å²) < 4.78 is 5.75. The van der Waals surface area contributed by atoms with Gasteiger partial charge in [-0.05, 0) is 29.1 Å². The van der Waals surface area contributed by atoms with Gasteiger partial charge in [0.1, 0.15) is 11.9 Å². The molecule has 3 N–H and O–H groups in total. The molecule has 0 saturated carbocycles. The van der Waals surface area contributed by atoms with E-state index >= 15 is 0 Å². The van der Waals surface area contributed by atoms with Gasteiger partial charge >= 0.3 is 12.1 Å². The lowest BCUT2D eigenvalue weighted by Crippen LogP contribution is -2.27. The zero-order chi connectivity index (χ0) is 21.7. The third-order valence-corrected chi connectivity index (χ3v) is 4.78. The Hall–Kier alpha value is -3.80. The Morgan fingerprint density at radius 2 is 1.67 bits per heavy atom. The molecule has 6 nitrogen and oxygen atoms in total. The van der Waals surface area contributed by atoms with E-state index in [1.807, 2.05) is 36.4 Å². The van der Waals surface area contributed by atoms with E-state index in [4.69, 9.17) is 9.84 Å². The van der Waals surface area contributed by atoms with Gasteiger partial charge in [-0.15, -0.1) is 0 Å². The molecule has 0 aliphatic rings. The molecule has 1 amide bonds. The number of phenolic OH excluding ortho intramolecular Hbond substituents is 1. The van der Waals surface area contributed by atoms with Gasteiger partial charge in [0.2, 0.25) is 0 Å². The number of phenols is 1. The smallest absolute Gasteiger partial charge is 0.412 e. The normalized spacial score (nSPS) is 12.6. The average molecular weight is 405 g/mol. The number of benzene rings is 3. The van der Waals surface area contributed by atoms with Crippen molar-refractivity contribution in [1.82, 2.24) is 0 Å². The molecule has 0 unspecified atom stereocenters. The van der Waals surface area contributed by atoms with Gasteiger partial charge in [0.15, 0.2) is 0 Å². The molecular formula is C24H23NO5. The van der Waals surface area contributed by atoms with Crippen molar-refractivity contribution in [3.8, 4) is 5.75 Å². The van der Waals surface area contributed by atoms with Crippen LogP contribution in [0.2, 0.25) is 0 Å². The first-order chi connectivity index (χ1) is 14.3. The molecule has 3 aromatic rings. The summed E-state index contributed by atoms with van der Waals surface area (Å²) in [5, 5.41) is 23.2. The molecule has 154 valence electrons. The molecule has 30 heavy (non-hydrogen) atoms. The van der Waals surface area contributed by atoms with E-state index < -0.39 is 23.6 Å². The lowest BCUT2D eigenvalue weighted by atomic mass is 9.82. The van der Waals surface area contributed by atoms with Crippen molar-refractivity contribution in [2.24, 2.45) is 5.41 Å². The largest absolute Gasteiger partial charge is 0.508 e. The third-order valence-electron chi connectivity index (χ3n) is 4.78. The van der Waals surface area contributed by atoms with Crippen LogP contribution in [-0.4, -0.2) is 22.3 Å². The fourth-order valence-corrected chi connectivity index (χ4v) is 3.25. The Balaban J connectivity index is 1.89. The molecular weight excluding hydrogens is 382 g/mol. The van der Waals surface area contributed by atoms with Gasteiger partial charge in [-0.2, -0.15) is 0 Å². The van der Waals surface area contributed by atoms with Gasteiger partial charge in [-0.3, -0.25) is 5.32 Å². The number of carboxylic acid groups (broad SMARTS) is 1. The monoisotopic (exact) mass is 405 g/mol. The Bertz CT molecular complexity index is 1080. The molecule has 0 spiro atoms. The van der Waals surface area contributed by atoms with Crippen molar-refractivity contribution in [2.45, 2.75) is 20.0 Å².